The number of rotatable bonds is 6. The van der Waals surface area contributed by atoms with E-state index in [1.807, 2.05) is 25.1 Å². The van der Waals surface area contributed by atoms with Crippen molar-refractivity contribution in [3.63, 3.8) is 0 Å². The van der Waals surface area contributed by atoms with Gasteiger partial charge in [0.05, 0.1) is 23.4 Å². The zero-order valence-corrected chi connectivity index (χ0v) is 15.1. The molecule has 5 nitrogen and oxygen atoms in total. The lowest BCUT2D eigenvalue weighted by Crippen LogP contribution is -2.41. The third-order valence-corrected chi connectivity index (χ3v) is 5.41. The van der Waals surface area contributed by atoms with Crippen LogP contribution in [0, 0.1) is 5.92 Å². The minimum atomic E-state index is 0.0919. The van der Waals surface area contributed by atoms with E-state index in [1.54, 1.807) is 0 Å². The molecule has 1 aromatic carbocycles. The zero-order chi connectivity index (χ0) is 16.9. The summed E-state index contributed by atoms with van der Waals surface area (Å²) in [4.78, 5) is 20.0. The number of nitrogens with one attached hydrogen (secondary N) is 2. The molecular weight excluding hydrogens is 322 g/mol. The number of hydrogen-bond acceptors (Lipinski definition) is 4. The molecule has 130 valence electrons. The highest BCUT2D eigenvalue weighted by Gasteiger charge is 2.22. The number of thioether (sulfide) groups is 1. The summed E-state index contributed by atoms with van der Waals surface area (Å²) in [5.74, 6) is 1.89. The van der Waals surface area contributed by atoms with Gasteiger partial charge in [0.1, 0.15) is 5.75 Å². The van der Waals surface area contributed by atoms with E-state index in [2.05, 4.69) is 22.2 Å². The SMILES string of the molecule is CCOc1ccc2nc(SCC(=O)N[C@H]3CCCC[C@H]3C)[nH]c2c1. The van der Waals surface area contributed by atoms with Gasteiger partial charge in [-0.05, 0) is 37.8 Å². The van der Waals surface area contributed by atoms with Gasteiger partial charge in [-0.15, -0.1) is 0 Å². The Balaban J connectivity index is 1.55. The molecule has 1 heterocycles. The van der Waals surface area contributed by atoms with Gasteiger partial charge in [0, 0.05) is 12.1 Å². The molecule has 2 atom stereocenters. The lowest BCUT2D eigenvalue weighted by Gasteiger charge is -2.29. The van der Waals surface area contributed by atoms with Gasteiger partial charge in [-0.3, -0.25) is 4.79 Å². The normalized spacial score (nSPS) is 20.9. The van der Waals surface area contributed by atoms with E-state index in [-0.39, 0.29) is 5.91 Å². The fourth-order valence-electron chi connectivity index (χ4n) is 3.20. The number of ether oxygens (including phenoxy) is 1. The highest BCUT2D eigenvalue weighted by atomic mass is 32.2. The zero-order valence-electron chi connectivity index (χ0n) is 14.3. The molecule has 1 saturated carbocycles. The molecule has 0 radical (unpaired) electrons. The quantitative estimate of drug-likeness (QED) is 0.781. The summed E-state index contributed by atoms with van der Waals surface area (Å²) in [5, 5.41) is 3.95. The van der Waals surface area contributed by atoms with Gasteiger partial charge in [-0.25, -0.2) is 4.98 Å². The van der Waals surface area contributed by atoms with Crippen LogP contribution >= 0.6 is 11.8 Å². The first-order chi connectivity index (χ1) is 11.7. The van der Waals surface area contributed by atoms with Gasteiger partial charge in [0.2, 0.25) is 5.91 Å². The lowest BCUT2D eigenvalue weighted by atomic mass is 9.86. The second-order valence-electron chi connectivity index (χ2n) is 6.38. The van der Waals surface area contributed by atoms with Crippen LogP contribution in [-0.4, -0.2) is 34.3 Å². The Hall–Kier alpha value is -1.69. The maximum Gasteiger partial charge on any atom is 0.230 e. The number of carbonyl (C=O) groups is 1. The van der Waals surface area contributed by atoms with Gasteiger partial charge >= 0.3 is 0 Å². The number of nitrogens with zero attached hydrogens (tertiary/aromatic N) is 1. The monoisotopic (exact) mass is 347 g/mol. The first kappa shape index (κ1) is 17.1. The smallest absolute Gasteiger partial charge is 0.230 e. The molecule has 0 bridgehead atoms. The molecule has 6 heteroatoms. The number of fused-ring (bicyclic) bond motifs is 1. The van der Waals surface area contributed by atoms with Gasteiger partial charge < -0.3 is 15.0 Å². The predicted molar refractivity (Wildman–Crippen MR) is 97.5 cm³/mol. The van der Waals surface area contributed by atoms with Crippen molar-refractivity contribution in [2.45, 2.75) is 50.7 Å². The average Bonchev–Trinajstić information content (AvgIpc) is 2.98. The van der Waals surface area contributed by atoms with Crippen molar-refractivity contribution >= 4 is 28.7 Å². The minimum Gasteiger partial charge on any atom is -0.494 e. The number of benzene rings is 1. The van der Waals surface area contributed by atoms with Crippen LogP contribution in [0.3, 0.4) is 0 Å². The largest absolute Gasteiger partial charge is 0.494 e. The van der Waals surface area contributed by atoms with Crippen LogP contribution < -0.4 is 10.1 Å². The van der Waals surface area contributed by atoms with E-state index in [0.717, 1.165) is 28.4 Å². The number of amides is 1. The van der Waals surface area contributed by atoms with Crippen LogP contribution in [0.1, 0.15) is 39.5 Å². The third kappa shape index (κ3) is 4.23. The Morgan fingerprint density at radius 3 is 3.04 bits per heavy atom. The fourth-order valence-corrected chi connectivity index (χ4v) is 3.90. The Kier molecular flexibility index (Phi) is 5.66. The Bertz CT molecular complexity index is 701. The maximum atomic E-state index is 12.2. The number of hydrogen-bond donors (Lipinski definition) is 2. The van der Waals surface area contributed by atoms with E-state index in [1.165, 1.54) is 31.0 Å². The number of H-pyrrole nitrogens is 1. The molecule has 24 heavy (non-hydrogen) atoms. The van der Waals surface area contributed by atoms with Crippen molar-refractivity contribution < 1.29 is 9.53 Å². The van der Waals surface area contributed by atoms with Gasteiger partial charge in [0.15, 0.2) is 5.16 Å². The highest BCUT2D eigenvalue weighted by Crippen LogP contribution is 2.25. The summed E-state index contributed by atoms with van der Waals surface area (Å²) in [7, 11) is 0. The standard InChI is InChI=1S/C18H25N3O2S/c1-3-23-13-8-9-15-16(10-13)21-18(20-15)24-11-17(22)19-14-7-5-4-6-12(14)2/h8-10,12,14H,3-7,11H2,1-2H3,(H,19,22)(H,20,21)/t12-,14+/m1/s1. The lowest BCUT2D eigenvalue weighted by molar-refractivity contribution is -0.119. The first-order valence-electron chi connectivity index (χ1n) is 8.70. The van der Waals surface area contributed by atoms with Crippen molar-refractivity contribution in [2.75, 3.05) is 12.4 Å². The van der Waals surface area contributed by atoms with Crippen molar-refractivity contribution in [1.29, 1.82) is 0 Å². The van der Waals surface area contributed by atoms with E-state index in [4.69, 9.17) is 4.74 Å². The Morgan fingerprint density at radius 2 is 2.25 bits per heavy atom. The van der Waals surface area contributed by atoms with Crippen LogP contribution in [0.4, 0.5) is 0 Å². The molecule has 1 aliphatic carbocycles. The number of aromatic amines is 1. The van der Waals surface area contributed by atoms with Crippen molar-refractivity contribution in [3.05, 3.63) is 18.2 Å². The molecule has 1 aliphatic rings. The molecule has 0 aliphatic heterocycles. The van der Waals surface area contributed by atoms with Crippen LogP contribution in [0.25, 0.3) is 11.0 Å². The molecule has 3 rings (SSSR count). The Morgan fingerprint density at radius 1 is 1.42 bits per heavy atom. The third-order valence-electron chi connectivity index (χ3n) is 4.54. The van der Waals surface area contributed by atoms with Crippen LogP contribution in [0.2, 0.25) is 0 Å². The summed E-state index contributed by atoms with van der Waals surface area (Å²) in [6.07, 6.45) is 4.81. The van der Waals surface area contributed by atoms with E-state index in [0.29, 0.717) is 24.3 Å². The van der Waals surface area contributed by atoms with Crippen molar-refractivity contribution in [1.82, 2.24) is 15.3 Å². The van der Waals surface area contributed by atoms with Crippen LogP contribution in [-0.2, 0) is 4.79 Å². The maximum absolute atomic E-state index is 12.2. The average molecular weight is 347 g/mol. The van der Waals surface area contributed by atoms with Gasteiger partial charge in [-0.2, -0.15) is 0 Å². The molecule has 2 N–H and O–H groups in total. The summed E-state index contributed by atoms with van der Waals surface area (Å²) in [6.45, 7) is 4.83. The molecule has 1 amide bonds. The molecule has 0 saturated heterocycles. The second kappa shape index (κ2) is 7.92. The molecule has 0 unspecified atom stereocenters. The second-order valence-corrected chi connectivity index (χ2v) is 7.34. The summed E-state index contributed by atoms with van der Waals surface area (Å²) < 4.78 is 5.50. The Labute approximate surface area is 146 Å². The van der Waals surface area contributed by atoms with Crippen molar-refractivity contribution in [3.8, 4) is 5.75 Å². The van der Waals surface area contributed by atoms with Crippen LogP contribution in [0.5, 0.6) is 5.75 Å². The summed E-state index contributed by atoms with van der Waals surface area (Å²) in [6, 6.07) is 6.12. The molecule has 1 aromatic heterocycles. The van der Waals surface area contributed by atoms with E-state index < -0.39 is 0 Å². The van der Waals surface area contributed by atoms with E-state index >= 15 is 0 Å². The molecule has 0 spiro atoms. The predicted octanol–water partition coefficient (Wildman–Crippen LogP) is 3.75. The summed E-state index contributed by atoms with van der Waals surface area (Å²) in [5.41, 5.74) is 1.83. The molecule has 1 fully saturated rings. The first-order valence-corrected chi connectivity index (χ1v) is 9.69. The molecule has 2 aromatic rings. The minimum absolute atomic E-state index is 0.0919. The van der Waals surface area contributed by atoms with Gasteiger partial charge in [0.25, 0.3) is 0 Å². The van der Waals surface area contributed by atoms with Crippen LogP contribution in [0.15, 0.2) is 23.4 Å². The number of imidazole rings is 1. The van der Waals surface area contributed by atoms with Gasteiger partial charge in [-0.1, -0.05) is 31.5 Å². The number of aromatic nitrogens is 2. The summed E-state index contributed by atoms with van der Waals surface area (Å²) >= 11 is 1.44. The van der Waals surface area contributed by atoms with E-state index in [9.17, 15) is 4.79 Å². The van der Waals surface area contributed by atoms with Crippen molar-refractivity contribution in [2.24, 2.45) is 5.92 Å². The fraction of sp³-hybridized carbons (Fsp3) is 0.556. The highest BCUT2D eigenvalue weighted by molar-refractivity contribution is 7.99. The molecular formula is C18H25N3O2S. The topological polar surface area (TPSA) is 67.0 Å². The number of carbonyl (C=O) groups excluding carboxylic acids is 1.